The third-order valence-corrected chi connectivity index (χ3v) is 7.69. The second-order valence-corrected chi connectivity index (χ2v) is 10.0. The van der Waals surface area contributed by atoms with E-state index >= 15 is 0 Å². The Bertz CT molecular complexity index is 1240. The molecule has 0 unspecified atom stereocenters. The fourth-order valence-corrected chi connectivity index (χ4v) is 5.91. The van der Waals surface area contributed by atoms with Gasteiger partial charge in [-0.3, -0.25) is 9.10 Å². The van der Waals surface area contributed by atoms with Gasteiger partial charge in [0.1, 0.15) is 10.6 Å². The summed E-state index contributed by atoms with van der Waals surface area (Å²) in [5.41, 5.74) is 2.46. The van der Waals surface area contributed by atoms with Crippen LogP contribution in [0.25, 0.3) is 0 Å². The number of hydrogen-bond acceptors (Lipinski definition) is 4. The van der Waals surface area contributed by atoms with E-state index in [1.54, 1.807) is 24.3 Å². The number of nitrogens with one attached hydrogen (secondary N) is 1. The highest BCUT2D eigenvalue weighted by Crippen LogP contribution is 2.39. The normalized spacial score (nSPS) is 15.5. The highest BCUT2D eigenvalue weighted by molar-refractivity contribution is 9.10. The van der Waals surface area contributed by atoms with E-state index in [-0.39, 0.29) is 22.3 Å². The average molecular weight is 501 g/mol. The number of carbonyl (C=O) groups is 1. The van der Waals surface area contributed by atoms with E-state index in [2.05, 4.69) is 21.2 Å². The molecule has 0 radical (unpaired) electrons. The maximum atomic E-state index is 13.7. The maximum Gasteiger partial charge on any atom is 0.268 e. The molecule has 0 spiro atoms. The third kappa shape index (κ3) is 4.05. The second-order valence-electron chi connectivity index (χ2n) is 7.31. The summed E-state index contributed by atoms with van der Waals surface area (Å²) < 4.78 is 35.0. The number of hydrogen-bond donors (Lipinski definition) is 1. The molecule has 0 saturated heterocycles. The number of ether oxygens (including phenoxy) is 1. The van der Waals surface area contributed by atoms with E-state index < -0.39 is 15.9 Å². The Morgan fingerprint density at radius 2 is 1.81 bits per heavy atom. The summed E-state index contributed by atoms with van der Waals surface area (Å²) >= 11 is 3.35. The first-order valence-electron chi connectivity index (χ1n) is 9.68. The Morgan fingerprint density at radius 3 is 2.52 bits per heavy atom. The Kier molecular flexibility index (Phi) is 5.77. The molecule has 4 rings (SSSR count). The van der Waals surface area contributed by atoms with E-state index in [1.165, 1.54) is 23.5 Å². The first-order chi connectivity index (χ1) is 14.8. The smallest absolute Gasteiger partial charge is 0.268 e. The zero-order valence-electron chi connectivity index (χ0n) is 17.0. The molecule has 1 aliphatic rings. The summed E-state index contributed by atoms with van der Waals surface area (Å²) in [7, 11) is -2.54. The van der Waals surface area contributed by atoms with Crippen LogP contribution < -0.4 is 14.4 Å². The van der Waals surface area contributed by atoms with Gasteiger partial charge in [-0.1, -0.05) is 34.1 Å². The molecule has 0 fully saturated rings. The summed E-state index contributed by atoms with van der Waals surface area (Å²) in [5, 5.41) is 2.79. The van der Waals surface area contributed by atoms with Crippen molar-refractivity contribution in [2.45, 2.75) is 24.3 Å². The molecule has 1 aliphatic heterocycles. The Hall–Kier alpha value is -2.84. The van der Waals surface area contributed by atoms with Crippen LogP contribution in [0.5, 0.6) is 5.75 Å². The number of para-hydroxylation sites is 1. The predicted octanol–water partition coefficient (Wildman–Crippen LogP) is 4.85. The molecule has 8 heteroatoms. The number of fused-ring (bicyclic) bond motifs is 1. The topological polar surface area (TPSA) is 75.7 Å². The second kappa shape index (κ2) is 8.36. The van der Waals surface area contributed by atoms with Gasteiger partial charge in [-0.25, -0.2) is 8.42 Å². The molecular formula is C23H21BrN2O4S. The van der Waals surface area contributed by atoms with Crippen LogP contribution in [-0.2, 0) is 16.4 Å². The summed E-state index contributed by atoms with van der Waals surface area (Å²) in [4.78, 5) is 12.7. The molecule has 0 bridgehead atoms. The average Bonchev–Trinajstić information content (AvgIpc) is 3.11. The number of halogens is 1. The van der Waals surface area contributed by atoms with Gasteiger partial charge in [0.2, 0.25) is 0 Å². The predicted molar refractivity (Wildman–Crippen MR) is 124 cm³/mol. The molecule has 1 N–H and O–H groups in total. The number of amides is 1. The van der Waals surface area contributed by atoms with Crippen LogP contribution in [0.4, 0.5) is 11.4 Å². The van der Waals surface area contributed by atoms with E-state index in [4.69, 9.17) is 4.74 Å². The number of sulfonamides is 1. The van der Waals surface area contributed by atoms with Gasteiger partial charge in [0.25, 0.3) is 15.9 Å². The fourth-order valence-electron chi connectivity index (χ4n) is 3.77. The van der Waals surface area contributed by atoms with Crippen molar-refractivity contribution in [3.63, 3.8) is 0 Å². The monoisotopic (exact) mass is 500 g/mol. The first-order valence-corrected chi connectivity index (χ1v) is 11.9. The van der Waals surface area contributed by atoms with Crippen LogP contribution in [0.1, 0.15) is 22.8 Å². The lowest BCUT2D eigenvalue weighted by molar-refractivity contribution is 0.102. The Labute approximate surface area is 190 Å². The lowest BCUT2D eigenvalue weighted by Crippen LogP contribution is -2.36. The van der Waals surface area contributed by atoms with Crippen LogP contribution in [0.2, 0.25) is 0 Å². The van der Waals surface area contributed by atoms with Gasteiger partial charge in [-0.05, 0) is 67.4 Å². The highest BCUT2D eigenvalue weighted by Gasteiger charge is 2.37. The maximum absolute atomic E-state index is 13.7. The number of nitrogens with zero attached hydrogens (tertiary/aromatic N) is 1. The lowest BCUT2D eigenvalue weighted by Gasteiger charge is -2.25. The van der Waals surface area contributed by atoms with Gasteiger partial charge in [0, 0.05) is 21.8 Å². The number of anilines is 2. The molecule has 0 aliphatic carbocycles. The number of rotatable bonds is 5. The van der Waals surface area contributed by atoms with Gasteiger partial charge in [-0.15, -0.1) is 0 Å². The molecule has 160 valence electrons. The van der Waals surface area contributed by atoms with E-state index in [9.17, 15) is 13.2 Å². The first kappa shape index (κ1) is 21.4. The summed E-state index contributed by atoms with van der Waals surface area (Å²) in [6, 6.07) is 18.8. The molecular weight excluding hydrogens is 480 g/mol. The van der Waals surface area contributed by atoms with Crippen LogP contribution >= 0.6 is 15.9 Å². The van der Waals surface area contributed by atoms with Crippen molar-refractivity contribution in [3.8, 4) is 5.75 Å². The molecule has 3 aromatic carbocycles. The van der Waals surface area contributed by atoms with Gasteiger partial charge < -0.3 is 10.1 Å². The molecule has 1 atom stereocenters. The van der Waals surface area contributed by atoms with Crippen LogP contribution in [-0.4, -0.2) is 27.5 Å². The van der Waals surface area contributed by atoms with Crippen molar-refractivity contribution in [1.82, 2.24) is 0 Å². The fraction of sp³-hybridized carbons (Fsp3) is 0.174. The molecule has 0 saturated carbocycles. The van der Waals surface area contributed by atoms with Gasteiger partial charge in [-0.2, -0.15) is 0 Å². The van der Waals surface area contributed by atoms with Crippen molar-refractivity contribution in [2.24, 2.45) is 0 Å². The highest BCUT2D eigenvalue weighted by atomic mass is 79.9. The summed E-state index contributed by atoms with van der Waals surface area (Å²) in [6.45, 7) is 1.87. The molecule has 6 nitrogen and oxygen atoms in total. The number of carbonyl (C=O) groups excluding carboxylic acids is 1. The van der Waals surface area contributed by atoms with Crippen molar-refractivity contribution in [2.75, 3.05) is 16.7 Å². The minimum absolute atomic E-state index is 0.0398. The molecule has 1 amide bonds. The molecule has 0 aromatic heterocycles. The van der Waals surface area contributed by atoms with Crippen molar-refractivity contribution >= 4 is 43.2 Å². The molecule has 31 heavy (non-hydrogen) atoms. The van der Waals surface area contributed by atoms with Gasteiger partial charge in [0.05, 0.1) is 12.8 Å². The summed E-state index contributed by atoms with van der Waals surface area (Å²) in [5.74, 6) is -0.215. The molecule has 3 aromatic rings. The minimum Gasteiger partial charge on any atom is -0.495 e. The van der Waals surface area contributed by atoms with Crippen LogP contribution in [0.15, 0.2) is 76.1 Å². The zero-order valence-corrected chi connectivity index (χ0v) is 19.4. The van der Waals surface area contributed by atoms with Crippen LogP contribution in [0.3, 0.4) is 0 Å². The standard InChI is InChI=1S/C23H21BrN2O4S/c1-15-13-16-5-3-4-6-20(16)26(15)31(28,29)22-14-17(7-12-21(22)30-2)23(27)25-19-10-8-18(24)9-11-19/h3-12,14-15H,13H2,1-2H3,(H,25,27)/t15-/m0/s1. The Balaban J connectivity index is 1.72. The van der Waals surface area contributed by atoms with Gasteiger partial charge in [0.15, 0.2) is 0 Å². The third-order valence-electron chi connectivity index (χ3n) is 5.21. The lowest BCUT2D eigenvalue weighted by atomic mass is 10.1. The molecule has 1 heterocycles. The van der Waals surface area contributed by atoms with E-state index in [0.29, 0.717) is 17.8 Å². The van der Waals surface area contributed by atoms with Crippen molar-refractivity contribution in [1.29, 1.82) is 0 Å². The van der Waals surface area contributed by atoms with Crippen molar-refractivity contribution in [3.05, 3.63) is 82.3 Å². The van der Waals surface area contributed by atoms with Crippen LogP contribution in [0, 0.1) is 0 Å². The minimum atomic E-state index is -3.96. The SMILES string of the molecule is COc1ccc(C(=O)Nc2ccc(Br)cc2)cc1S(=O)(=O)N1c2ccccc2C[C@@H]1C. The number of benzene rings is 3. The van der Waals surface area contributed by atoms with Crippen molar-refractivity contribution < 1.29 is 17.9 Å². The zero-order chi connectivity index (χ0) is 22.2. The Morgan fingerprint density at radius 1 is 1.10 bits per heavy atom. The van der Waals surface area contributed by atoms with E-state index in [1.807, 2.05) is 37.3 Å². The van der Waals surface area contributed by atoms with Gasteiger partial charge >= 0.3 is 0 Å². The number of methoxy groups -OCH3 is 1. The largest absolute Gasteiger partial charge is 0.495 e. The summed E-state index contributed by atoms with van der Waals surface area (Å²) in [6.07, 6.45) is 0.626. The van der Waals surface area contributed by atoms with E-state index in [0.717, 1.165) is 10.0 Å². The quantitative estimate of drug-likeness (QED) is 0.543.